The van der Waals surface area contributed by atoms with E-state index in [1.807, 2.05) is 26.8 Å². The second-order valence-electron chi connectivity index (χ2n) is 12.4. The molecule has 3 rings (SSSR count). The van der Waals surface area contributed by atoms with Crippen molar-refractivity contribution in [1.82, 2.24) is 0 Å². The molecule has 0 aliphatic rings. The standard InChI is InChI=1S/C37H48O4/c1-12-27(8)40-34(38)28-16-15-17-29(22-28)35(39)41-33-21-25(6)31(20-26(33)7)36(9,10)30-18-24(5)32(19-23(30)4)37(11,13-2)14-3/h15-22,27H,12-14H2,1-11H3. The van der Waals surface area contributed by atoms with Crippen LogP contribution in [0.5, 0.6) is 5.75 Å². The first kappa shape index (κ1) is 32.1. The summed E-state index contributed by atoms with van der Waals surface area (Å²) in [5.74, 6) is -0.431. The lowest BCUT2D eigenvalue weighted by Crippen LogP contribution is -2.25. The van der Waals surface area contributed by atoms with Crippen molar-refractivity contribution in [2.24, 2.45) is 0 Å². The molecule has 4 heteroatoms. The Morgan fingerprint density at radius 2 is 1.20 bits per heavy atom. The van der Waals surface area contributed by atoms with Crippen molar-refractivity contribution in [2.45, 2.75) is 112 Å². The van der Waals surface area contributed by atoms with E-state index in [0.717, 1.165) is 30.4 Å². The van der Waals surface area contributed by atoms with Crippen LogP contribution in [0.15, 0.2) is 48.5 Å². The van der Waals surface area contributed by atoms with Crippen LogP contribution in [-0.2, 0) is 15.6 Å². The van der Waals surface area contributed by atoms with Gasteiger partial charge in [0, 0.05) is 5.41 Å². The summed E-state index contributed by atoms with van der Waals surface area (Å²) >= 11 is 0. The molecule has 0 aliphatic carbocycles. The molecule has 0 amide bonds. The van der Waals surface area contributed by atoms with E-state index in [2.05, 4.69) is 73.6 Å². The van der Waals surface area contributed by atoms with Crippen molar-refractivity contribution in [1.29, 1.82) is 0 Å². The van der Waals surface area contributed by atoms with Gasteiger partial charge in [-0.15, -0.1) is 0 Å². The number of aryl methyl sites for hydroxylation is 4. The Hall–Kier alpha value is -3.40. The van der Waals surface area contributed by atoms with Crippen LogP contribution in [-0.4, -0.2) is 18.0 Å². The molecule has 1 atom stereocenters. The first-order chi connectivity index (χ1) is 19.2. The van der Waals surface area contributed by atoms with E-state index in [4.69, 9.17) is 9.47 Å². The first-order valence-corrected chi connectivity index (χ1v) is 15.0. The van der Waals surface area contributed by atoms with E-state index in [-0.39, 0.29) is 16.9 Å². The Morgan fingerprint density at radius 3 is 1.76 bits per heavy atom. The maximum atomic E-state index is 13.1. The van der Waals surface area contributed by atoms with Gasteiger partial charge in [0.05, 0.1) is 17.2 Å². The van der Waals surface area contributed by atoms with Crippen molar-refractivity contribution in [2.75, 3.05) is 0 Å². The van der Waals surface area contributed by atoms with E-state index < -0.39 is 11.9 Å². The Kier molecular flexibility index (Phi) is 9.89. The molecule has 0 saturated carbocycles. The molecule has 0 saturated heterocycles. The minimum absolute atomic E-state index is 0.170. The van der Waals surface area contributed by atoms with Gasteiger partial charge in [-0.3, -0.25) is 0 Å². The van der Waals surface area contributed by atoms with E-state index in [1.165, 1.54) is 33.9 Å². The molecule has 0 aromatic heterocycles. The van der Waals surface area contributed by atoms with Gasteiger partial charge in [0.15, 0.2) is 0 Å². The van der Waals surface area contributed by atoms with Crippen LogP contribution in [0, 0.1) is 27.7 Å². The largest absolute Gasteiger partial charge is 0.459 e. The summed E-state index contributed by atoms with van der Waals surface area (Å²) in [7, 11) is 0. The fourth-order valence-electron chi connectivity index (χ4n) is 5.75. The van der Waals surface area contributed by atoms with Crippen LogP contribution >= 0.6 is 0 Å². The van der Waals surface area contributed by atoms with E-state index in [0.29, 0.717) is 16.9 Å². The van der Waals surface area contributed by atoms with Crippen molar-refractivity contribution in [3.05, 3.63) is 98.6 Å². The molecule has 0 heterocycles. The topological polar surface area (TPSA) is 52.6 Å². The molecule has 4 nitrogen and oxygen atoms in total. The van der Waals surface area contributed by atoms with Crippen LogP contribution in [0.25, 0.3) is 0 Å². The third kappa shape index (κ3) is 6.74. The van der Waals surface area contributed by atoms with Crippen LogP contribution in [0.1, 0.15) is 127 Å². The highest BCUT2D eigenvalue weighted by Crippen LogP contribution is 2.41. The molecule has 1 unspecified atom stereocenters. The fourth-order valence-corrected chi connectivity index (χ4v) is 5.75. The molecule has 3 aromatic rings. The maximum Gasteiger partial charge on any atom is 0.343 e. The van der Waals surface area contributed by atoms with Gasteiger partial charge in [0.2, 0.25) is 0 Å². The van der Waals surface area contributed by atoms with Gasteiger partial charge in [0.1, 0.15) is 5.75 Å². The third-order valence-electron chi connectivity index (χ3n) is 9.07. The van der Waals surface area contributed by atoms with Gasteiger partial charge in [-0.2, -0.15) is 0 Å². The SMILES string of the molecule is CCC(C)OC(=O)c1cccc(C(=O)Oc2cc(C)c(C(C)(C)c3cc(C)c(C(C)(CC)CC)cc3C)cc2C)c1. The van der Waals surface area contributed by atoms with Gasteiger partial charge < -0.3 is 9.47 Å². The predicted octanol–water partition coefficient (Wildman–Crippen LogP) is 9.50. The molecular formula is C37H48O4. The Morgan fingerprint density at radius 1 is 0.707 bits per heavy atom. The molecular weight excluding hydrogens is 508 g/mol. The van der Waals surface area contributed by atoms with Gasteiger partial charge in [0.25, 0.3) is 0 Å². The molecule has 0 spiro atoms. The number of benzene rings is 3. The van der Waals surface area contributed by atoms with Gasteiger partial charge >= 0.3 is 11.9 Å². The second kappa shape index (κ2) is 12.6. The number of esters is 2. The van der Waals surface area contributed by atoms with Crippen LogP contribution in [0.4, 0.5) is 0 Å². The highest BCUT2D eigenvalue weighted by molar-refractivity contribution is 5.96. The van der Waals surface area contributed by atoms with Crippen LogP contribution in [0.3, 0.4) is 0 Å². The summed E-state index contributed by atoms with van der Waals surface area (Å²) in [5, 5.41) is 0. The Bertz CT molecular complexity index is 1430. The van der Waals surface area contributed by atoms with Crippen molar-refractivity contribution >= 4 is 11.9 Å². The van der Waals surface area contributed by atoms with Crippen molar-refractivity contribution < 1.29 is 19.1 Å². The first-order valence-electron chi connectivity index (χ1n) is 15.0. The predicted molar refractivity (Wildman–Crippen MR) is 168 cm³/mol. The minimum atomic E-state index is -0.505. The zero-order chi connectivity index (χ0) is 30.7. The van der Waals surface area contributed by atoms with Gasteiger partial charge in [-0.05, 0) is 123 Å². The average Bonchev–Trinajstić information content (AvgIpc) is 2.94. The smallest absolute Gasteiger partial charge is 0.343 e. The summed E-state index contributed by atoms with van der Waals surface area (Å²) in [4.78, 5) is 25.6. The number of carbonyl (C=O) groups is 2. The normalized spacial score (nSPS) is 12.7. The lowest BCUT2D eigenvalue weighted by atomic mass is 9.70. The number of hydrogen-bond donors (Lipinski definition) is 0. The zero-order valence-electron chi connectivity index (χ0n) is 27.0. The molecule has 0 bridgehead atoms. The second-order valence-corrected chi connectivity index (χ2v) is 12.4. The highest BCUT2D eigenvalue weighted by Gasteiger charge is 2.31. The lowest BCUT2D eigenvalue weighted by Gasteiger charge is -2.34. The minimum Gasteiger partial charge on any atom is -0.459 e. The van der Waals surface area contributed by atoms with Gasteiger partial charge in [-0.1, -0.05) is 65.8 Å². The van der Waals surface area contributed by atoms with Crippen molar-refractivity contribution in [3.63, 3.8) is 0 Å². The van der Waals surface area contributed by atoms with Crippen LogP contribution in [0.2, 0.25) is 0 Å². The molecule has 3 aromatic carbocycles. The number of ether oxygens (including phenoxy) is 2. The number of rotatable bonds is 10. The summed E-state index contributed by atoms with van der Waals surface area (Å²) < 4.78 is 11.3. The molecule has 0 aliphatic heterocycles. The van der Waals surface area contributed by atoms with E-state index in [1.54, 1.807) is 18.2 Å². The molecule has 41 heavy (non-hydrogen) atoms. The summed E-state index contributed by atoms with van der Waals surface area (Å²) in [6.07, 6.45) is 2.75. The molecule has 0 fully saturated rings. The molecule has 0 N–H and O–H groups in total. The fraction of sp³-hybridized carbons (Fsp3) is 0.459. The van der Waals surface area contributed by atoms with E-state index >= 15 is 0 Å². The number of hydrogen-bond acceptors (Lipinski definition) is 4. The number of carbonyl (C=O) groups excluding carboxylic acids is 2. The molecule has 0 radical (unpaired) electrons. The highest BCUT2D eigenvalue weighted by atomic mass is 16.5. The van der Waals surface area contributed by atoms with Crippen LogP contribution < -0.4 is 4.74 Å². The summed E-state index contributed by atoms with van der Waals surface area (Å²) in [6.45, 7) is 23.7. The third-order valence-corrected chi connectivity index (χ3v) is 9.07. The van der Waals surface area contributed by atoms with Crippen molar-refractivity contribution in [3.8, 4) is 5.75 Å². The molecule has 220 valence electrons. The average molecular weight is 557 g/mol. The lowest BCUT2D eigenvalue weighted by molar-refractivity contribution is 0.0334. The zero-order valence-corrected chi connectivity index (χ0v) is 27.0. The Labute approximate surface area is 247 Å². The Balaban J connectivity index is 1.92. The maximum absolute atomic E-state index is 13.1. The van der Waals surface area contributed by atoms with Gasteiger partial charge in [-0.25, -0.2) is 9.59 Å². The summed E-state index contributed by atoms with van der Waals surface area (Å²) in [6, 6.07) is 15.4. The quantitative estimate of drug-likeness (QED) is 0.184. The monoisotopic (exact) mass is 556 g/mol. The van der Waals surface area contributed by atoms with E-state index in [9.17, 15) is 9.59 Å². The summed E-state index contributed by atoms with van der Waals surface area (Å²) in [5.41, 5.74) is 9.08.